The molecule has 2 saturated heterocycles. The van der Waals surface area contributed by atoms with Gasteiger partial charge in [0.15, 0.2) is 5.58 Å². The molecule has 1 amide bonds. The number of nitrogens with zero attached hydrogens (tertiary/aromatic N) is 5. The first-order valence-corrected chi connectivity index (χ1v) is 13.4. The summed E-state index contributed by atoms with van der Waals surface area (Å²) in [5.74, 6) is 1.08. The molecule has 0 unspecified atom stereocenters. The van der Waals surface area contributed by atoms with E-state index < -0.39 is 6.17 Å². The number of rotatable bonds is 5. The molecule has 2 aliphatic rings. The highest BCUT2D eigenvalue weighted by molar-refractivity contribution is 5.97. The van der Waals surface area contributed by atoms with Gasteiger partial charge < -0.3 is 23.9 Å². The third kappa shape index (κ3) is 4.75. The number of hydrogen-bond donors (Lipinski definition) is 0. The van der Waals surface area contributed by atoms with Crippen molar-refractivity contribution in [3.8, 4) is 34.3 Å². The standard InChI is InChI=1S/C31H30FN5O3/c1-35-11-13-36(14-12-35)31(38)21-3-5-25(28(16-21)39-2)29-17-26-30(40-29)24(7-9-34-26)20-4-6-27(22(15-20)18-33)37-10-8-23(32)19-37/h3-7,9,15-17,23H,8,10-14,19H2,1-2H3/t23-/m0/s1. The van der Waals surface area contributed by atoms with Gasteiger partial charge in [-0.05, 0) is 55.4 Å². The van der Waals surface area contributed by atoms with Crippen molar-refractivity contribution in [3.63, 3.8) is 0 Å². The zero-order valence-electron chi connectivity index (χ0n) is 22.6. The van der Waals surface area contributed by atoms with E-state index >= 15 is 0 Å². The summed E-state index contributed by atoms with van der Waals surface area (Å²) < 4.78 is 25.8. The number of aromatic nitrogens is 1. The molecule has 2 fully saturated rings. The number of benzene rings is 2. The second-order valence-electron chi connectivity index (χ2n) is 10.4. The SMILES string of the molecule is COc1cc(C(=O)N2CCN(C)CC2)ccc1-c1cc2nccc(-c3ccc(N4CC[C@H](F)C4)c(C#N)c3)c2o1. The van der Waals surface area contributed by atoms with Gasteiger partial charge in [0.2, 0.25) is 0 Å². The Morgan fingerprint density at radius 1 is 1.07 bits per heavy atom. The molecule has 0 radical (unpaired) electrons. The molecule has 9 heteroatoms. The van der Waals surface area contributed by atoms with Crippen molar-refractivity contribution in [2.45, 2.75) is 12.6 Å². The van der Waals surface area contributed by atoms with E-state index in [-0.39, 0.29) is 5.91 Å². The van der Waals surface area contributed by atoms with E-state index in [2.05, 4.69) is 23.0 Å². The maximum absolute atomic E-state index is 13.8. The van der Waals surface area contributed by atoms with Crippen LogP contribution in [-0.4, -0.2) is 80.3 Å². The van der Waals surface area contributed by atoms with Crippen LogP contribution in [0.1, 0.15) is 22.3 Å². The van der Waals surface area contributed by atoms with Crippen molar-refractivity contribution in [1.82, 2.24) is 14.8 Å². The Morgan fingerprint density at radius 2 is 1.90 bits per heavy atom. The van der Waals surface area contributed by atoms with Crippen molar-refractivity contribution >= 4 is 22.7 Å². The van der Waals surface area contributed by atoms with Gasteiger partial charge in [-0.1, -0.05) is 6.07 Å². The Morgan fingerprint density at radius 3 is 2.62 bits per heavy atom. The number of methoxy groups -OCH3 is 1. The van der Waals surface area contributed by atoms with E-state index in [1.807, 2.05) is 46.2 Å². The fourth-order valence-corrected chi connectivity index (χ4v) is 5.52. The number of anilines is 1. The summed E-state index contributed by atoms with van der Waals surface area (Å²) in [5.41, 5.74) is 5.37. The lowest BCUT2D eigenvalue weighted by molar-refractivity contribution is 0.0663. The number of alkyl halides is 1. The fraction of sp³-hybridized carbons (Fsp3) is 0.323. The lowest BCUT2D eigenvalue weighted by Crippen LogP contribution is -2.47. The topological polar surface area (TPSA) is 85.8 Å². The van der Waals surface area contributed by atoms with Gasteiger partial charge in [-0.2, -0.15) is 5.26 Å². The van der Waals surface area contributed by atoms with Gasteiger partial charge in [-0.15, -0.1) is 0 Å². The molecule has 40 heavy (non-hydrogen) atoms. The zero-order valence-corrected chi connectivity index (χ0v) is 22.6. The second kappa shape index (κ2) is 10.6. The predicted molar refractivity (Wildman–Crippen MR) is 151 cm³/mol. The Kier molecular flexibility index (Phi) is 6.86. The molecule has 204 valence electrons. The van der Waals surface area contributed by atoms with Crippen LogP contribution in [0.4, 0.5) is 10.1 Å². The molecule has 6 rings (SSSR count). The fourth-order valence-electron chi connectivity index (χ4n) is 5.52. The lowest BCUT2D eigenvalue weighted by atomic mass is 10.0. The van der Waals surface area contributed by atoms with Crippen LogP contribution in [-0.2, 0) is 0 Å². The van der Waals surface area contributed by atoms with Crippen LogP contribution in [0.3, 0.4) is 0 Å². The number of hydrogen-bond acceptors (Lipinski definition) is 7. The number of halogens is 1. The van der Waals surface area contributed by atoms with Crippen LogP contribution < -0.4 is 9.64 Å². The van der Waals surface area contributed by atoms with Gasteiger partial charge in [-0.3, -0.25) is 9.78 Å². The van der Waals surface area contributed by atoms with Crippen LogP contribution in [0.15, 0.2) is 59.1 Å². The van der Waals surface area contributed by atoms with E-state index in [9.17, 15) is 14.4 Å². The summed E-state index contributed by atoms with van der Waals surface area (Å²) >= 11 is 0. The van der Waals surface area contributed by atoms with Crippen LogP contribution in [0.5, 0.6) is 5.75 Å². The number of piperazine rings is 1. The molecular formula is C31H30FN5O3. The molecule has 4 aromatic rings. The van der Waals surface area contributed by atoms with Crippen LogP contribution in [0.2, 0.25) is 0 Å². The predicted octanol–water partition coefficient (Wildman–Crippen LogP) is 4.98. The molecule has 0 spiro atoms. The minimum atomic E-state index is -0.872. The third-order valence-electron chi connectivity index (χ3n) is 7.82. The molecule has 0 N–H and O–H groups in total. The van der Waals surface area contributed by atoms with Crippen molar-refractivity contribution in [2.75, 3.05) is 58.3 Å². The molecular weight excluding hydrogens is 509 g/mol. The minimum Gasteiger partial charge on any atom is -0.496 e. The lowest BCUT2D eigenvalue weighted by Gasteiger charge is -2.32. The molecule has 2 aliphatic heterocycles. The smallest absolute Gasteiger partial charge is 0.254 e. The summed E-state index contributed by atoms with van der Waals surface area (Å²) in [7, 11) is 3.63. The first-order chi connectivity index (χ1) is 19.4. The first kappa shape index (κ1) is 25.8. The maximum atomic E-state index is 13.8. The number of fused-ring (bicyclic) bond motifs is 1. The minimum absolute atomic E-state index is 0.0146. The normalized spacial score (nSPS) is 17.8. The van der Waals surface area contributed by atoms with Crippen LogP contribution in [0.25, 0.3) is 33.6 Å². The number of furan rings is 1. The Balaban J connectivity index is 1.33. The number of amides is 1. The maximum Gasteiger partial charge on any atom is 0.254 e. The van der Waals surface area contributed by atoms with Crippen molar-refractivity contribution in [3.05, 3.63) is 65.9 Å². The van der Waals surface area contributed by atoms with E-state index in [0.717, 1.165) is 29.9 Å². The van der Waals surface area contributed by atoms with Crippen molar-refractivity contribution in [2.24, 2.45) is 0 Å². The van der Waals surface area contributed by atoms with Gasteiger partial charge in [0, 0.05) is 62.7 Å². The quantitative estimate of drug-likeness (QED) is 0.354. The summed E-state index contributed by atoms with van der Waals surface area (Å²) in [6.45, 7) is 3.99. The zero-order chi connectivity index (χ0) is 27.8. The Labute approximate surface area is 232 Å². The van der Waals surface area contributed by atoms with Gasteiger partial charge >= 0.3 is 0 Å². The van der Waals surface area contributed by atoms with E-state index in [1.54, 1.807) is 25.4 Å². The molecule has 0 bridgehead atoms. The number of likely N-dealkylation sites (N-methyl/N-ethyl adjacent to an activating group) is 1. The van der Waals surface area contributed by atoms with Gasteiger partial charge in [0.1, 0.15) is 29.3 Å². The van der Waals surface area contributed by atoms with E-state index in [4.69, 9.17) is 9.15 Å². The monoisotopic (exact) mass is 539 g/mol. The number of carbonyl (C=O) groups is 1. The molecule has 1 atom stereocenters. The average Bonchev–Trinajstić information content (AvgIpc) is 3.62. The molecule has 0 aliphatic carbocycles. The summed E-state index contributed by atoms with van der Waals surface area (Å²) in [6.07, 6.45) is 1.31. The average molecular weight is 540 g/mol. The molecule has 2 aromatic carbocycles. The van der Waals surface area contributed by atoms with E-state index in [1.165, 1.54) is 0 Å². The van der Waals surface area contributed by atoms with Crippen LogP contribution in [0, 0.1) is 11.3 Å². The Bertz CT molecular complexity index is 1620. The summed E-state index contributed by atoms with van der Waals surface area (Å²) in [6, 6.07) is 17.0. The van der Waals surface area contributed by atoms with Gasteiger partial charge in [-0.25, -0.2) is 4.39 Å². The number of carbonyl (C=O) groups excluding carboxylic acids is 1. The van der Waals surface area contributed by atoms with Crippen molar-refractivity contribution in [1.29, 1.82) is 5.26 Å². The second-order valence-corrected chi connectivity index (χ2v) is 10.4. The van der Waals surface area contributed by atoms with Crippen molar-refractivity contribution < 1.29 is 18.3 Å². The highest BCUT2D eigenvalue weighted by atomic mass is 19.1. The first-order valence-electron chi connectivity index (χ1n) is 13.4. The van der Waals surface area contributed by atoms with E-state index in [0.29, 0.717) is 71.9 Å². The highest BCUT2D eigenvalue weighted by Crippen LogP contribution is 2.39. The molecule has 2 aromatic heterocycles. The number of ether oxygens (including phenoxy) is 1. The van der Waals surface area contributed by atoms with Crippen LogP contribution >= 0.6 is 0 Å². The molecule has 0 saturated carbocycles. The highest BCUT2D eigenvalue weighted by Gasteiger charge is 2.25. The van der Waals surface area contributed by atoms with Gasteiger partial charge in [0.25, 0.3) is 5.91 Å². The summed E-state index contributed by atoms with van der Waals surface area (Å²) in [4.78, 5) is 23.6. The van der Waals surface area contributed by atoms with Gasteiger partial charge in [0.05, 0.1) is 23.9 Å². The molecule has 8 nitrogen and oxygen atoms in total. The third-order valence-corrected chi connectivity index (χ3v) is 7.82. The number of pyridine rings is 1. The summed E-state index contributed by atoms with van der Waals surface area (Å²) in [5, 5.41) is 9.85. The largest absolute Gasteiger partial charge is 0.496 e. The Hall–Kier alpha value is -4.42. The molecule has 4 heterocycles. The number of nitriles is 1.